The second kappa shape index (κ2) is 11.2. The largest absolute Gasteiger partial charge is 0.489 e. The molecular weight excluding hydrogens is 452 g/mol. The number of thiophene rings is 1. The van der Waals surface area contributed by atoms with Crippen molar-refractivity contribution in [3.63, 3.8) is 0 Å². The minimum Gasteiger partial charge on any atom is -0.489 e. The van der Waals surface area contributed by atoms with Gasteiger partial charge in [-0.15, -0.1) is 11.3 Å². The lowest BCUT2D eigenvalue weighted by Crippen LogP contribution is -2.24. The van der Waals surface area contributed by atoms with Crippen LogP contribution in [0, 0.1) is 0 Å². The summed E-state index contributed by atoms with van der Waals surface area (Å²) < 4.78 is 5.96. The topological polar surface area (TPSA) is 50.7 Å². The third kappa shape index (κ3) is 5.87. The van der Waals surface area contributed by atoms with Crippen molar-refractivity contribution >= 4 is 28.5 Å². The molecule has 0 unspecified atom stereocenters. The molecule has 0 atom stereocenters. The number of rotatable bonds is 8. The van der Waals surface area contributed by atoms with Gasteiger partial charge in [0.1, 0.15) is 17.4 Å². The van der Waals surface area contributed by atoms with E-state index in [1.807, 2.05) is 91.1 Å². The first-order valence-electron chi connectivity index (χ1n) is 12.0. The predicted molar refractivity (Wildman–Crippen MR) is 143 cm³/mol. The summed E-state index contributed by atoms with van der Waals surface area (Å²) in [6.07, 6.45) is 6.09. The van der Waals surface area contributed by atoms with E-state index in [1.165, 1.54) is 16.9 Å². The van der Waals surface area contributed by atoms with Crippen LogP contribution in [0.4, 0.5) is 5.00 Å². The summed E-state index contributed by atoms with van der Waals surface area (Å²) in [4.78, 5) is 19.4. The molecular formula is C30H28N2O2S. The van der Waals surface area contributed by atoms with Gasteiger partial charge < -0.3 is 10.1 Å². The van der Waals surface area contributed by atoms with Crippen molar-refractivity contribution in [3.8, 4) is 5.75 Å². The number of benzene rings is 3. The van der Waals surface area contributed by atoms with Crippen LogP contribution < -0.4 is 10.1 Å². The fraction of sp³-hybridized carbons (Fsp3) is 0.200. The average molecular weight is 481 g/mol. The molecule has 4 nitrogen and oxygen atoms in total. The Morgan fingerprint density at radius 2 is 1.66 bits per heavy atom. The zero-order chi connectivity index (χ0) is 23.9. The summed E-state index contributed by atoms with van der Waals surface area (Å²) in [5.74, 6) is 0.754. The molecule has 3 aromatic carbocycles. The lowest BCUT2D eigenvalue weighted by Gasteiger charge is -2.12. The molecule has 5 rings (SSSR count). The van der Waals surface area contributed by atoms with Crippen LogP contribution in [0.15, 0.2) is 89.9 Å². The highest BCUT2D eigenvalue weighted by Gasteiger charge is 2.25. The standard InChI is InChI=1S/C30H28N2O2S/c33-29(31-19-22-10-3-1-4-11-22)28-26-16-7-8-17-27(26)35-30(28)32-20-24-14-9-15-25(18-24)34-21-23-12-5-2-6-13-23/h1-6,9-15,18,20H,7-8,16-17,19,21H2,(H,31,33). The van der Waals surface area contributed by atoms with Crippen molar-refractivity contribution in [2.24, 2.45) is 4.99 Å². The van der Waals surface area contributed by atoms with E-state index in [4.69, 9.17) is 9.73 Å². The number of nitrogens with zero attached hydrogens (tertiary/aromatic N) is 1. The average Bonchev–Trinajstić information content (AvgIpc) is 3.29. The van der Waals surface area contributed by atoms with E-state index in [9.17, 15) is 4.79 Å². The van der Waals surface area contributed by atoms with Crippen molar-refractivity contribution < 1.29 is 9.53 Å². The van der Waals surface area contributed by atoms with Crippen molar-refractivity contribution in [1.29, 1.82) is 0 Å². The van der Waals surface area contributed by atoms with E-state index in [0.717, 1.165) is 52.3 Å². The summed E-state index contributed by atoms with van der Waals surface area (Å²) >= 11 is 1.65. The number of nitrogens with one attached hydrogen (secondary N) is 1. The Kier molecular flexibility index (Phi) is 7.35. The number of amides is 1. The SMILES string of the molecule is O=C(NCc1ccccc1)c1c(N=Cc2cccc(OCc3ccccc3)c2)sc2c1CCCC2. The zero-order valence-electron chi connectivity index (χ0n) is 19.6. The Morgan fingerprint density at radius 3 is 2.46 bits per heavy atom. The number of carbonyl (C=O) groups is 1. The highest BCUT2D eigenvalue weighted by molar-refractivity contribution is 7.16. The van der Waals surface area contributed by atoms with Crippen molar-refractivity contribution in [2.45, 2.75) is 38.8 Å². The van der Waals surface area contributed by atoms with Crippen LogP contribution in [0.25, 0.3) is 0 Å². The highest BCUT2D eigenvalue weighted by Crippen LogP contribution is 2.40. The summed E-state index contributed by atoms with van der Waals surface area (Å²) in [5.41, 5.74) is 5.08. The van der Waals surface area contributed by atoms with Crippen LogP contribution >= 0.6 is 11.3 Å². The van der Waals surface area contributed by atoms with Gasteiger partial charge in [0.15, 0.2) is 0 Å². The van der Waals surface area contributed by atoms with Crippen LogP contribution in [-0.2, 0) is 26.0 Å². The van der Waals surface area contributed by atoms with Gasteiger partial charge in [-0.1, -0.05) is 72.8 Å². The Labute approximate surface area is 210 Å². The quantitative estimate of drug-likeness (QED) is 0.279. The number of carbonyl (C=O) groups excluding carboxylic acids is 1. The maximum Gasteiger partial charge on any atom is 0.254 e. The van der Waals surface area contributed by atoms with Crippen LogP contribution in [0.1, 0.15) is 50.3 Å². The number of aliphatic imine (C=N–C) groups is 1. The lowest BCUT2D eigenvalue weighted by molar-refractivity contribution is 0.0951. The number of ether oxygens (including phenoxy) is 1. The van der Waals surface area contributed by atoms with Gasteiger partial charge in [-0.25, -0.2) is 4.99 Å². The third-order valence-electron chi connectivity index (χ3n) is 6.11. The molecule has 0 saturated carbocycles. The van der Waals surface area contributed by atoms with E-state index >= 15 is 0 Å². The molecule has 0 radical (unpaired) electrons. The Balaban J connectivity index is 1.33. The van der Waals surface area contributed by atoms with Crippen LogP contribution in [-0.4, -0.2) is 12.1 Å². The molecule has 0 bridgehead atoms. The van der Waals surface area contributed by atoms with E-state index < -0.39 is 0 Å². The van der Waals surface area contributed by atoms with Crippen molar-refractivity contribution in [1.82, 2.24) is 5.32 Å². The molecule has 1 N–H and O–H groups in total. The maximum atomic E-state index is 13.3. The lowest BCUT2D eigenvalue weighted by atomic mass is 9.95. The minimum absolute atomic E-state index is 0.0413. The molecule has 1 aliphatic carbocycles. The summed E-state index contributed by atoms with van der Waals surface area (Å²) in [5, 5.41) is 3.90. The van der Waals surface area contributed by atoms with Crippen LogP contribution in [0.2, 0.25) is 0 Å². The minimum atomic E-state index is -0.0413. The fourth-order valence-electron chi connectivity index (χ4n) is 4.30. The van der Waals surface area contributed by atoms with E-state index in [1.54, 1.807) is 11.3 Å². The zero-order valence-corrected chi connectivity index (χ0v) is 20.4. The molecule has 1 heterocycles. The molecule has 35 heavy (non-hydrogen) atoms. The molecule has 5 heteroatoms. The predicted octanol–water partition coefficient (Wildman–Crippen LogP) is 6.89. The summed E-state index contributed by atoms with van der Waals surface area (Å²) in [6.45, 7) is 1.03. The second-order valence-electron chi connectivity index (χ2n) is 8.66. The molecule has 1 aromatic heterocycles. The number of aryl methyl sites for hydroxylation is 1. The Morgan fingerprint density at radius 1 is 0.914 bits per heavy atom. The second-order valence-corrected chi connectivity index (χ2v) is 9.75. The van der Waals surface area contributed by atoms with Gasteiger partial charge in [0, 0.05) is 17.6 Å². The first kappa shape index (κ1) is 23.1. The van der Waals surface area contributed by atoms with E-state index in [0.29, 0.717) is 13.2 Å². The number of hydrogen-bond donors (Lipinski definition) is 1. The molecule has 1 aliphatic rings. The van der Waals surface area contributed by atoms with Crippen molar-refractivity contribution in [2.75, 3.05) is 0 Å². The van der Waals surface area contributed by atoms with Crippen LogP contribution in [0.5, 0.6) is 5.75 Å². The third-order valence-corrected chi connectivity index (χ3v) is 7.31. The summed E-state index contributed by atoms with van der Waals surface area (Å²) in [6, 6.07) is 28.0. The molecule has 0 aliphatic heterocycles. The van der Waals surface area contributed by atoms with Crippen molar-refractivity contribution in [3.05, 3.63) is 118 Å². The smallest absolute Gasteiger partial charge is 0.254 e. The van der Waals surface area contributed by atoms with Gasteiger partial charge in [0.05, 0.1) is 5.56 Å². The van der Waals surface area contributed by atoms with E-state index in [2.05, 4.69) is 5.32 Å². The Bertz CT molecular complexity index is 1310. The van der Waals surface area contributed by atoms with Crippen LogP contribution in [0.3, 0.4) is 0 Å². The first-order valence-corrected chi connectivity index (χ1v) is 12.9. The molecule has 176 valence electrons. The van der Waals surface area contributed by atoms with Gasteiger partial charge in [0.25, 0.3) is 5.91 Å². The van der Waals surface area contributed by atoms with E-state index in [-0.39, 0.29) is 5.91 Å². The molecule has 0 saturated heterocycles. The molecule has 0 fully saturated rings. The fourth-order valence-corrected chi connectivity index (χ4v) is 5.53. The highest BCUT2D eigenvalue weighted by atomic mass is 32.1. The number of fused-ring (bicyclic) bond motifs is 1. The molecule has 0 spiro atoms. The molecule has 1 amide bonds. The maximum absolute atomic E-state index is 13.3. The van der Waals surface area contributed by atoms with Gasteiger partial charge in [0.2, 0.25) is 0 Å². The number of hydrogen-bond acceptors (Lipinski definition) is 4. The molecule has 4 aromatic rings. The first-order chi connectivity index (χ1) is 17.3. The van der Waals surface area contributed by atoms with Gasteiger partial charge in [-0.2, -0.15) is 0 Å². The Hall–Kier alpha value is -3.70. The van der Waals surface area contributed by atoms with Gasteiger partial charge >= 0.3 is 0 Å². The van der Waals surface area contributed by atoms with Gasteiger partial charge in [-0.3, -0.25) is 4.79 Å². The summed E-state index contributed by atoms with van der Waals surface area (Å²) in [7, 11) is 0. The monoisotopic (exact) mass is 480 g/mol. The van der Waals surface area contributed by atoms with Gasteiger partial charge in [-0.05, 0) is 60.1 Å². The normalized spacial score (nSPS) is 12.9.